The summed E-state index contributed by atoms with van der Waals surface area (Å²) in [6, 6.07) is 5.82. The average Bonchev–Trinajstić information content (AvgIpc) is 2.04. The molecular weight excluding hydrogens is 162 g/mol. The second kappa shape index (κ2) is 4.26. The van der Waals surface area contributed by atoms with Crippen LogP contribution in [0.4, 0.5) is 0 Å². The zero-order valence-electron chi connectivity index (χ0n) is 8.74. The molecule has 1 rings (SSSR count). The number of hydrogen-bond donors (Lipinski definition) is 0. The molecule has 0 aliphatic rings. The number of rotatable bonds is 3. The summed E-state index contributed by atoms with van der Waals surface area (Å²) in [5.74, 6) is 1.24. The molecule has 72 valence electrons. The van der Waals surface area contributed by atoms with Gasteiger partial charge in [0.05, 0.1) is 6.10 Å². The van der Waals surface area contributed by atoms with E-state index >= 15 is 0 Å². The van der Waals surface area contributed by atoms with E-state index in [1.807, 2.05) is 25.1 Å². The summed E-state index contributed by atoms with van der Waals surface area (Å²) in [6.07, 6.45) is 0.217. The maximum absolute atomic E-state index is 5.65. The first-order valence-corrected chi connectivity index (χ1v) is 4.70. The summed E-state index contributed by atoms with van der Waals surface area (Å²) >= 11 is 0. The number of aromatic nitrogens is 1. The topological polar surface area (TPSA) is 22.1 Å². The van der Waals surface area contributed by atoms with Gasteiger partial charge in [0.15, 0.2) is 0 Å². The highest BCUT2D eigenvalue weighted by Gasteiger charge is 2.08. The van der Waals surface area contributed by atoms with E-state index in [1.165, 1.54) is 0 Å². The van der Waals surface area contributed by atoms with Gasteiger partial charge in [-0.2, -0.15) is 0 Å². The molecule has 2 nitrogen and oxygen atoms in total. The fraction of sp³-hybridized carbons (Fsp3) is 0.545. The fourth-order valence-corrected chi connectivity index (χ4v) is 0.910. The molecule has 1 aromatic heterocycles. The molecule has 0 amide bonds. The Balaban J connectivity index is 2.64. The van der Waals surface area contributed by atoms with Gasteiger partial charge in [0.2, 0.25) is 5.88 Å². The van der Waals surface area contributed by atoms with Gasteiger partial charge in [-0.1, -0.05) is 19.9 Å². The first kappa shape index (κ1) is 10.0. The van der Waals surface area contributed by atoms with Gasteiger partial charge in [0.25, 0.3) is 0 Å². The molecule has 0 saturated heterocycles. The van der Waals surface area contributed by atoms with Crippen molar-refractivity contribution in [2.45, 2.75) is 33.8 Å². The van der Waals surface area contributed by atoms with Gasteiger partial charge < -0.3 is 4.74 Å². The number of aryl methyl sites for hydroxylation is 1. The van der Waals surface area contributed by atoms with Crippen molar-refractivity contribution in [2.75, 3.05) is 0 Å². The molecule has 1 heterocycles. The summed E-state index contributed by atoms with van der Waals surface area (Å²) < 4.78 is 5.65. The number of ether oxygens (including phenoxy) is 1. The van der Waals surface area contributed by atoms with Gasteiger partial charge in [0, 0.05) is 11.8 Å². The Morgan fingerprint density at radius 1 is 1.23 bits per heavy atom. The molecule has 0 saturated carbocycles. The zero-order valence-corrected chi connectivity index (χ0v) is 8.74. The molecule has 0 bridgehead atoms. The van der Waals surface area contributed by atoms with E-state index in [-0.39, 0.29) is 6.10 Å². The molecule has 0 aliphatic carbocycles. The highest BCUT2D eigenvalue weighted by atomic mass is 16.5. The van der Waals surface area contributed by atoms with Crippen molar-refractivity contribution in [1.82, 2.24) is 4.98 Å². The summed E-state index contributed by atoms with van der Waals surface area (Å²) in [5, 5.41) is 0. The van der Waals surface area contributed by atoms with Crippen molar-refractivity contribution in [1.29, 1.82) is 0 Å². The monoisotopic (exact) mass is 179 g/mol. The standard InChI is InChI=1S/C11H17NO/c1-8(2)10(4)13-11-7-5-6-9(3)12-11/h5-8,10H,1-4H3/t10-/m0/s1. The van der Waals surface area contributed by atoms with Crippen molar-refractivity contribution in [3.05, 3.63) is 23.9 Å². The lowest BCUT2D eigenvalue weighted by Crippen LogP contribution is -2.19. The second-order valence-electron chi connectivity index (χ2n) is 3.68. The van der Waals surface area contributed by atoms with E-state index < -0.39 is 0 Å². The van der Waals surface area contributed by atoms with Gasteiger partial charge in [-0.15, -0.1) is 0 Å². The number of hydrogen-bond acceptors (Lipinski definition) is 2. The molecule has 2 heteroatoms. The minimum absolute atomic E-state index is 0.217. The van der Waals surface area contributed by atoms with E-state index in [4.69, 9.17) is 4.74 Å². The summed E-state index contributed by atoms with van der Waals surface area (Å²) in [6.45, 7) is 8.31. The smallest absolute Gasteiger partial charge is 0.213 e. The highest BCUT2D eigenvalue weighted by molar-refractivity contribution is 5.14. The van der Waals surface area contributed by atoms with E-state index in [0.29, 0.717) is 5.92 Å². The summed E-state index contributed by atoms with van der Waals surface area (Å²) in [7, 11) is 0. The fourth-order valence-electron chi connectivity index (χ4n) is 0.910. The minimum Gasteiger partial charge on any atom is -0.474 e. The lowest BCUT2D eigenvalue weighted by molar-refractivity contribution is 0.163. The van der Waals surface area contributed by atoms with Crippen LogP contribution in [0.2, 0.25) is 0 Å². The molecule has 1 atom stereocenters. The van der Waals surface area contributed by atoms with Crippen molar-refractivity contribution in [3.63, 3.8) is 0 Å². The van der Waals surface area contributed by atoms with Gasteiger partial charge in [-0.05, 0) is 25.8 Å². The van der Waals surface area contributed by atoms with Crippen LogP contribution in [0, 0.1) is 12.8 Å². The predicted octanol–water partition coefficient (Wildman–Crippen LogP) is 2.81. The molecule has 1 aromatic rings. The first-order valence-electron chi connectivity index (χ1n) is 4.70. The SMILES string of the molecule is Cc1cccc(O[C@@H](C)C(C)C)n1. The summed E-state index contributed by atoms with van der Waals surface area (Å²) in [4.78, 5) is 4.27. The van der Waals surface area contributed by atoms with E-state index in [0.717, 1.165) is 11.6 Å². The van der Waals surface area contributed by atoms with Crippen molar-refractivity contribution in [2.24, 2.45) is 5.92 Å². The quantitative estimate of drug-likeness (QED) is 0.711. The third kappa shape index (κ3) is 3.05. The molecule has 0 unspecified atom stereocenters. The Kier molecular flexibility index (Phi) is 3.29. The van der Waals surface area contributed by atoms with E-state index in [2.05, 4.69) is 25.8 Å². The van der Waals surface area contributed by atoms with Crippen molar-refractivity contribution in [3.8, 4) is 5.88 Å². The lowest BCUT2D eigenvalue weighted by atomic mass is 10.1. The zero-order chi connectivity index (χ0) is 9.84. The number of nitrogens with zero attached hydrogens (tertiary/aromatic N) is 1. The Bertz CT molecular complexity index is 271. The van der Waals surface area contributed by atoms with Crippen LogP contribution in [0.5, 0.6) is 5.88 Å². The molecule has 0 N–H and O–H groups in total. The van der Waals surface area contributed by atoms with Gasteiger partial charge in [-0.25, -0.2) is 4.98 Å². The Labute approximate surface area is 80.0 Å². The maximum Gasteiger partial charge on any atom is 0.213 e. The first-order chi connectivity index (χ1) is 6.09. The van der Waals surface area contributed by atoms with Crippen LogP contribution in [-0.2, 0) is 0 Å². The molecular formula is C11H17NO. The average molecular weight is 179 g/mol. The van der Waals surface area contributed by atoms with Crippen LogP contribution in [0.3, 0.4) is 0 Å². The van der Waals surface area contributed by atoms with E-state index in [1.54, 1.807) is 0 Å². The second-order valence-corrected chi connectivity index (χ2v) is 3.68. The van der Waals surface area contributed by atoms with Crippen LogP contribution in [0.15, 0.2) is 18.2 Å². The van der Waals surface area contributed by atoms with Crippen molar-refractivity contribution >= 4 is 0 Å². The van der Waals surface area contributed by atoms with Gasteiger partial charge in [-0.3, -0.25) is 0 Å². The van der Waals surface area contributed by atoms with Crippen LogP contribution in [-0.4, -0.2) is 11.1 Å². The molecule has 0 spiro atoms. The maximum atomic E-state index is 5.65. The normalized spacial score (nSPS) is 13.0. The van der Waals surface area contributed by atoms with Crippen LogP contribution < -0.4 is 4.74 Å². The molecule has 0 radical (unpaired) electrons. The van der Waals surface area contributed by atoms with Crippen LogP contribution >= 0.6 is 0 Å². The Morgan fingerprint density at radius 3 is 2.46 bits per heavy atom. The van der Waals surface area contributed by atoms with E-state index in [9.17, 15) is 0 Å². The molecule has 13 heavy (non-hydrogen) atoms. The Morgan fingerprint density at radius 2 is 1.92 bits per heavy atom. The van der Waals surface area contributed by atoms with Crippen molar-refractivity contribution < 1.29 is 4.74 Å². The van der Waals surface area contributed by atoms with Gasteiger partial charge in [0.1, 0.15) is 0 Å². The van der Waals surface area contributed by atoms with Gasteiger partial charge >= 0.3 is 0 Å². The lowest BCUT2D eigenvalue weighted by Gasteiger charge is -2.17. The highest BCUT2D eigenvalue weighted by Crippen LogP contribution is 2.12. The minimum atomic E-state index is 0.217. The largest absolute Gasteiger partial charge is 0.474 e. The Hall–Kier alpha value is -1.05. The number of pyridine rings is 1. The third-order valence-electron chi connectivity index (χ3n) is 2.11. The summed E-state index contributed by atoms with van der Waals surface area (Å²) in [5.41, 5.74) is 0.994. The van der Waals surface area contributed by atoms with Crippen LogP contribution in [0.25, 0.3) is 0 Å². The molecule has 0 fully saturated rings. The third-order valence-corrected chi connectivity index (χ3v) is 2.11. The molecule has 0 aliphatic heterocycles. The molecule has 0 aromatic carbocycles. The predicted molar refractivity (Wildman–Crippen MR) is 53.9 cm³/mol. The van der Waals surface area contributed by atoms with Crippen LogP contribution in [0.1, 0.15) is 26.5 Å².